The second kappa shape index (κ2) is 62.2. The fraction of sp³-hybridized carbons (Fsp3) is 0.943. The highest BCUT2D eigenvalue weighted by molar-refractivity contribution is 7.47. The van der Waals surface area contributed by atoms with Crippen LogP contribution in [0, 0.1) is 11.8 Å². The number of ether oxygens (including phenoxy) is 4. The first-order valence-electron chi connectivity index (χ1n) is 36.5. The molecule has 0 heterocycles. The lowest BCUT2D eigenvalue weighted by Gasteiger charge is -2.21. The highest BCUT2D eigenvalue weighted by Gasteiger charge is 2.30. The first kappa shape index (κ1) is 87.1. The second-order valence-electron chi connectivity index (χ2n) is 26.2. The number of aliphatic hydroxyl groups excluding tert-OH is 1. The first-order valence-corrected chi connectivity index (χ1v) is 39.5. The minimum atomic E-state index is -4.95. The molecule has 0 bridgehead atoms. The minimum Gasteiger partial charge on any atom is -0.462 e. The van der Waals surface area contributed by atoms with Crippen molar-refractivity contribution in [3.63, 3.8) is 0 Å². The van der Waals surface area contributed by atoms with E-state index in [1.807, 2.05) is 0 Å². The van der Waals surface area contributed by atoms with Crippen LogP contribution in [0.1, 0.15) is 356 Å². The highest BCUT2D eigenvalue weighted by Crippen LogP contribution is 2.45. The number of hydrogen-bond acceptors (Lipinski definition) is 15. The molecule has 0 aromatic carbocycles. The van der Waals surface area contributed by atoms with Crippen LogP contribution in [0.2, 0.25) is 0 Å². The maximum absolute atomic E-state index is 13.0. The molecule has 89 heavy (non-hydrogen) atoms. The van der Waals surface area contributed by atoms with Crippen LogP contribution >= 0.6 is 15.6 Å². The van der Waals surface area contributed by atoms with Crippen molar-refractivity contribution in [2.75, 3.05) is 39.6 Å². The van der Waals surface area contributed by atoms with E-state index in [-0.39, 0.29) is 25.7 Å². The van der Waals surface area contributed by atoms with Gasteiger partial charge in [-0.15, -0.1) is 0 Å². The zero-order valence-electron chi connectivity index (χ0n) is 57.7. The van der Waals surface area contributed by atoms with Crippen molar-refractivity contribution in [3.8, 4) is 0 Å². The number of aliphatic hydroxyl groups is 1. The lowest BCUT2D eigenvalue weighted by molar-refractivity contribution is -0.161. The number of hydrogen-bond donors (Lipinski definition) is 3. The lowest BCUT2D eigenvalue weighted by atomic mass is 10.0. The van der Waals surface area contributed by atoms with Crippen molar-refractivity contribution in [1.82, 2.24) is 0 Å². The normalized spacial score (nSPS) is 14.1. The number of phosphoric ester groups is 2. The van der Waals surface area contributed by atoms with E-state index in [9.17, 15) is 43.2 Å². The molecule has 0 fully saturated rings. The third-order valence-corrected chi connectivity index (χ3v) is 18.1. The van der Waals surface area contributed by atoms with Crippen molar-refractivity contribution >= 4 is 39.5 Å². The molecule has 0 radical (unpaired) electrons. The molecule has 0 amide bonds. The van der Waals surface area contributed by atoms with Crippen molar-refractivity contribution < 1.29 is 80.2 Å². The molecule has 0 saturated carbocycles. The molecule has 0 aliphatic rings. The molecule has 5 atom stereocenters. The largest absolute Gasteiger partial charge is 0.472 e. The highest BCUT2D eigenvalue weighted by atomic mass is 31.2. The van der Waals surface area contributed by atoms with E-state index in [4.69, 9.17) is 37.0 Å². The molecule has 0 aliphatic heterocycles. The third kappa shape index (κ3) is 64.6. The standard InChI is InChI=1S/C70H136O17P2/c1-7-9-11-13-15-16-17-25-28-35-41-47-53-68(73)81-59-66(86-69(74)54-48-42-36-29-26-23-21-19-18-20-22-24-27-33-38-44-50-62(3)4)61-85-89(78,79)83-57-64(71)56-82-88(76,77)84-60-65(58-80-67(72)52-46-40-32-14-12-10-8-2)87-70(75)55-49-43-37-31-30-34-39-45-51-63(5)6/h62-66,71H,7-61H2,1-6H3,(H,76,77)(H,78,79)/t64-,65+,66+/m0/s1. The van der Waals surface area contributed by atoms with E-state index in [1.54, 1.807) is 0 Å². The van der Waals surface area contributed by atoms with E-state index in [2.05, 4.69) is 41.5 Å². The van der Waals surface area contributed by atoms with Gasteiger partial charge >= 0.3 is 39.5 Å². The van der Waals surface area contributed by atoms with Gasteiger partial charge in [0.05, 0.1) is 26.4 Å². The van der Waals surface area contributed by atoms with Gasteiger partial charge in [-0.3, -0.25) is 37.3 Å². The Bertz CT molecular complexity index is 1730. The summed E-state index contributed by atoms with van der Waals surface area (Å²) >= 11 is 0. The molecule has 3 N–H and O–H groups in total. The SMILES string of the molecule is CCCCCCCCCCCCCCC(=O)OC[C@H](COP(=O)(O)OC[C@@H](O)COP(=O)(O)OC[C@@H](COC(=O)CCCCCCCCC)OC(=O)CCCCCCCCCCC(C)C)OC(=O)CCCCCCCCCCCCCCCCCCC(C)C. The molecule has 17 nitrogen and oxygen atoms in total. The summed E-state index contributed by atoms with van der Waals surface area (Å²) in [5, 5.41) is 10.6. The molecular weight excluding hydrogens is 1170 g/mol. The van der Waals surface area contributed by atoms with Gasteiger partial charge in [-0.05, 0) is 37.5 Å². The zero-order valence-corrected chi connectivity index (χ0v) is 59.5. The van der Waals surface area contributed by atoms with E-state index in [0.717, 1.165) is 115 Å². The maximum atomic E-state index is 13.0. The molecule has 528 valence electrons. The first-order chi connectivity index (χ1) is 42.9. The van der Waals surface area contributed by atoms with Crippen LogP contribution in [0.4, 0.5) is 0 Å². The molecule has 0 spiro atoms. The van der Waals surface area contributed by atoms with Gasteiger partial charge in [-0.2, -0.15) is 0 Å². The Morgan fingerprint density at radius 3 is 0.764 bits per heavy atom. The lowest BCUT2D eigenvalue weighted by Crippen LogP contribution is -2.30. The van der Waals surface area contributed by atoms with Crippen LogP contribution in [0.3, 0.4) is 0 Å². The monoisotopic (exact) mass is 1310 g/mol. The van der Waals surface area contributed by atoms with E-state index >= 15 is 0 Å². The number of unbranched alkanes of at least 4 members (excludes halogenated alkanes) is 39. The third-order valence-electron chi connectivity index (χ3n) is 16.2. The Morgan fingerprint density at radius 2 is 0.517 bits per heavy atom. The average molecular weight is 1310 g/mol. The van der Waals surface area contributed by atoms with E-state index < -0.39 is 97.5 Å². The van der Waals surface area contributed by atoms with Gasteiger partial charge < -0.3 is 33.8 Å². The minimum absolute atomic E-state index is 0.104. The fourth-order valence-electron chi connectivity index (χ4n) is 10.6. The zero-order chi connectivity index (χ0) is 65.7. The molecule has 0 saturated heterocycles. The summed E-state index contributed by atoms with van der Waals surface area (Å²) in [7, 11) is -9.89. The number of esters is 4. The summed E-state index contributed by atoms with van der Waals surface area (Å²) in [5.74, 6) is -0.602. The summed E-state index contributed by atoms with van der Waals surface area (Å²) in [6.45, 7) is 9.49. The van der Waals surface area contributed by atoms with Crippen LogP contribution in [-0.2, 0) is 65.4 Å². The Hall–Kier alpha value is -1.94. The topological polar surface area (TPSA) is 237 Å². The van der Waals surface area contributed by atoms with Crippen molar-refractivity contribution in [1.29, 1.82) is 0 Å². The van der Waals surface area contributed by atoms with Crippen molar-refractivity contribution in [2.45, 2.75) is 374 Å². The Morgan fingerprint density at radius 1 is 0.303 bits per heavy atom. The predicted octanol–water partition coefficient (Wildman–Crippen LogP) is 20.0. The van der Waals surface area contributed by atoms with Gasteiger partial charge in [0, 0.05) is 25.7 Å². The van der Waals surface area contributed by atoms with Gasteiger partial charge in [-0.1, -0.05) is 305 Å². The number of rotatable bonds is 69. The van der Waals surface area contributed by atoms with Crippen molar-refractivity contribution in [3.05, 3.63) is 0 Å². The molecule has 0 aliphatic carbocycles. The predicted molar refractivity (Wildman–Crippen MR) is 358 cm³/mol. The molecule has 0 rings (SSSR count). The van der Waals surface area contributed by atoms with Gasteiger partial charge in [0.2, 0.25) is 0 Å². The summed E-state index contributed by atoms with van der Waals surface area (Å²) in [6.07, 6.45) is 47.4. The molecule has 0 aromatic rings. The molecule has 0 aromatic heterocycles. The van der Waals surface area contributed by atoms with Gasteiger partial charge in [0.15, 0.2) is 12.2 Å². The average Bonchev–Trinajstić information content (AvgIpc) is 3.71. The Balaban J connectivity index is 5.17. The van der Waals surface area contributed by atoms with Gasteiger partial charge in [-0.25, -0.2) is 9.13 Å². The second-order valence-corrected chi connectivity index (χ2v) is 29.1. The summed E-state index contributed by atoms with van der Waals surface area (Å²) in [6, 6.07) is 0. The van der Waals surface area contributed by atoms with Crippen molar-refractivity contribution in [2.24, 2.45) is 11.8 Å². The summed E-state index contributed by atoms with van der Waals surface area (Å²) in [4.78, 5) is 72.4. The summed E-state index contributed by atoms with van der Waals surface area (Å²) in [5.41, 5.74) is 0. The quantitative estimate of drug-likeness (QED) is 0.0222. The van der Waals surface area contributed by atoms with Crippen LogP contribution in [0.5, 0.6) is 0 Å². The van der Waals surface area contributed by atoms with E-state index in [1.165, 1.54) is 161 Å². The van der Waals surface area contributed by atoms with Crippen LogP contribution in [-0.4, -0.2) is 96.7 Å². The van der Waals surface area contributed by atoms with Crippen LogP contribution < -0.4 is 0 Å². The van der Waals surface area contributed by atoms with E-state index in [0.29, 0.717) is 25.7 Å². The van der Waals surface area contributed by atoms with Crippen LogP contribution in [0.15, 0.2) is 0 Å². The maximum Gasteiger partial charge on any atom is 0.472 e. The van der Waals surface area contributed by atoms with Gasteiger partial charge in [0.1, 0.15) is 19.3 Å². The van der Waals surface area contributed by atoms with Gasteiger partial charge in [0.25, 0.3) is 0 Å². The molecule has 2 unspecified atom stereocenters. The number of phosphoric acid groups is 2. The molecular formula is C70H136O17P2. The van der Waals surface area contributed by atoms with Crippen LogP contribution in [0.25, 0.3) is 0 Å². The smallest absolute Gasteiger partial charge is 0.462 e. The number of carbonyl (C=O) groups is 4. The Kier molecular flexibility index (Phi) is 60.8. The Labute approximate surface area is 543 Å². The summed E-state index contributed by atoms with van der Waals surface area (Å²) < 4.78 is 68.2. The number of carbonyl (C=O) groups excluding carboxylic acids is 4. The molecule has 19 heteroatoms. The fourth-order valence-corrected chi connectivity index (χ4v) is 12.2.